The molecule has 0 unspecified atom stereocenters. The molecule has 2 aromatic carbocycles. The molecule has 5 heteroatoms. The molecular weight excluding hydrogens is 378 g/mol. The Morgan fingerprint density at radius 1 is 0.767 bits per heavy atom. The Morgan fingerprint density at radius 2 is 1.20 bits per heavy atom. The number of nitrogens with zero attached hydrogens (tertiary/aromatic N) is 1. The third kappa shape index (κ3) is 7.82. The summed E-state index contributed by atoms with van der Waals surface area (Å²) in [6.45, 7) is 10.7. The van der Waals surface area contributed by atoms with Crippen LogP contribution in [-0.2, 0) is 19.1 Å². The molecule has 0 aliphatic rings. The van der Waals surface area contributed by atoms with Gasteiger partial charge in [-0.15, -0.1) is 0 Å². The molecule has 0 aromatic heterocycles. The van der Waals surface area contributed by atoms with Gasteiger partial charge in [-0.25, -0.2) is 4.79 Å². The van der Waals surface area contributed by atoms with E-state index in [-0.39, 0.29) is 6.42 Å². The summed E-state index contributed by atoms with van der Waals surface area (Å²) in [7, 11) is 0. The molecular formula is C25H31NO4. The molecule has 0 radical (unpaired) electrons. The molecule has 30 heavy (non-hydrogen) atoms. The Kier molecular flexibility index (Phi) is 7.54. The van der Waals surface area contributed by atoms with Crippen molar-refractivity contribution in [1.82, 2.24) is 0 Å². The second-order valence-corrected chi connectivity index (χ2v) is 9.05. The molecule has 5 nitrogen and oxygen atoms in total. The Balaban J connectivity index is 2.48. The topological polar surface area (TPSA) is 65.0 Å². The van der Waals surface area contributed by atoms with Crippen molar-refractivity contribution in [2.45, 2.75) is 65.2 Å². The highest BCUT2D eigenvalue weighted by atomic mass is 16.6. The lowest BCUT2D eigenvalue weighted by molar-refractivity contribution is -0.163. The monoisotopic (exact) mass is 409 g/mol. The Hall–Kier alpha value is -2.95. The lowest BCUT2D eigenvalue weighted by Gasteiger charge is -2.24. The average Bonchev–Trinajstić information content (AvgIpc) is 2.63. The van der Waals surface area contributed by atoms with Crippen molar-refractivity contribution < 1.29 is 19.1 Å². The number of rotatable bonds is 6. The highest BCUT2D eigenvalue weighted by molar-refractivity contribution is 6.13. The summed E-state index contributed by atoms with van der Waals surface area (Å²) in [5.41, 5.74) is 0.970. The predicted octanol–water partition coefficient (Wildman–Crippen LogP) is 4.97. The normalized spacial score (nSPS) is 12.6. The van der Waals surface area contributed by atoms with E-state index < -0.39 is 29.2 Å². The first kappa shape index (κ1) is 23.3. The number of esters is 2. The van der Waals surface area contributed by atoms with Gasteiger partial charge in [-0.05, 0) is 41.5 Å². The molecule has 0 bridgehead atoms. The maximum absolute atomic E-state index is 12.9. The van der Waals surface area contributed by atoms with E-state index in [4.69, 9.17) is 14.5 Å². The van der Waals surface area contributed by atoms with Crippen LogP contribution in [0.3, 0.4) is 0 Å². The first-order chi connectivity index (χ1) is 13.9. The molecule has 0 aliphatic carbocycles. The highest BCUT2D eigenvalue weighted by Gasteiger charge is 2.30. The maximum Gasteiger partial charge on any atom is 0.332 e. The van der Waals surface area contributed by atoms with Gasteiger partial charge >= 0.3 is 11.9 Å². The molecule has 0 aliphatic heterocycles. The second kappa shape index (κ2) is 9.70. The number of ether oxygens (including phenoxy) is 2. The van der Waals surface area contributed by atoms with Crippen LogP contribution in [0, 0.1) is 0 Å². The SMILES string of the molecule is CC(C)(C)OC(=O)C[C@H](N=C(c1ccccc1)c1ccccc1)C(=O)OC(C)(C)C. The molecule has 0 spiro atoms. The summed E-state index contributed by atoms with van der Waals surface area (Å²) in [5, 5.41) is 0. The van der Waals surface area contributed by atoms with E-state index in [0.717, 1.165) is 11.1 Å². The summed E-state index contributed by atoms with van der Waals surface area (Å²) in [5.74, 6) is -1.06. The fourth-order valence-corrected chi connectivity index (χ4v) is 2.76. The highest BCUT2D eigenvalue weighted by Crippen LogP contribution is 2.18. The molecule has 160 valence electrons. The first-order valence-corrected chi connectivity index (χ1v) is 10.1. The zero-order valence-electron chi connectivity index (χ0n) is 18.6. The largest absolute Gasteiger partial charge is 0.460 e. The van der Waals surface area contributed by atoms with Gasteiger partial charge in [0.15, 0.2) is 6.04 Å². The maximum atomic E-state index is 12.9. The minimum absolute atomic E-state index is 0.199. The third-order valence-corrected chi connectivity index (χ3v) is 3.84. The van der Waals surface area contributed by atoms with Gasteiger partial charge < -0.3 is 9.47 Å². The summed E-state index contributed by atoms with van der Waals surface area (Å²) in [6.07, 6.45) is -0.199. The van der Waals surface area contributed by atoms with E-state index in [1.807, 2.05) is 60.7 Å². The van der Waals surface area contributed by atoms with Gasteiger partial charge in [0.05, 0.1) is 12.1 Å². The van der Waals surface area contributed by atoms with Gasteiger partial charge in [-0.3, -0.25) is 9.79 Å². The predicted molar refractivity (Wildman–Crippen MR) is 119 cm³/mol. The van der Waals surface area contributed by atoms with Gasteiger partial charge in [0.25, 0.3) is 0 Å². The van der Waals surface area contributed by atoms with Crippen molar-refractivity contribution in [3.63, 3.8) is 0 Å². The van der Waals surface area contributed by atoms with E-state index in [2.05, 4.69) is 0 Å². The zero-order valence-corrected chi connectivity index (χ0v) is 18.6. The zero-order chi connectivity index (χ0) is 22.4. The van der Waals surface area contributed by atoms with Crippen LogP contribution in [0.15, 0.2) is 65.7 Å². The van der Waals surface area contributed by atoms with E-state index in [9.17, 15) is 9.59 Å². The Bertz CT molecular complexity index is 833. The number of carbonyl (C=O) groups excluding carboxylic acids is 2. The van der Waals surface area contributed by atoms with Gasteiger partial charge in [-0.1, -0.05) is 60.7 Å². The lowest BCUT2D eigenvalue weighted by atomic mass is 10.0. The minimum atomic E-state index is -1.02. The number of hydrogen-bond acceptors (Lipinski definition) is 5. The van der Waals surface area contributed by atoms with Crippen LogP contribution in [-0.4, -0.2) is 34.9 Å². The van der Waals surface area contributed by atoms with Crippen LogP contribution < -0.4 is 0 Å². The van der Waals surface area contributed by atoms with Crippen molar-refractivity contribution in [3.05, 3.63) is 71.8 Å². The van der Waals surface area contributed by atoms with E-state index >= 15 is 0 Å². The number of benzene rings is 2. The van der Waals surface area contributed by atoms with Gasteiger partial charge in [-0.2, -0.15) is 0 Å². The van der Waals surface area contributed by atoms with Gasteiger partial charge in [0, 0.05) is 11.1 Å². The van der Waals surface area contributed by atoms with Crippen LogP contribution in [0.1, 0.15) is 59.1 Å². The van der Waals surface area contributed by atoms with Crippen LogP contribution in [0.25, 0.3) is 0 Å². The Labute approximate surface area is 179 Å². The Morgan fingerprint density at radius 3 is 1.60 bits per heavy atom. The van der Waals surface area contributed by atoms with Gasteiger partial charge in [0.1, 0.15) is 11.2 Å². The van der Waals surface area contributed by atoms with Crippen molar-refractivity contribution in [2.75, 3.05) is 0 Å². The molecule has 0 heterocycles. The molecule has 2 aromatic rings. The quantitative estimate of drug-likeness (QED) is 0.499. The second-order valence-electron chi connectivity index (χ2n) is 9.05. The molecule has 2 rings (SSSR count). The smallest absolute Gasteiger partial charge is 0.332 e. The van der Waals surface area contributed by atoms with Crippen LogP contribution in [0.4, 0.5) is 0 Å². The summed E-state index contributed by atoms with van der Waals surface area (Å²) in [6, 6.07) is 18.1. The fourth-order valence-electron chi connectivity index (χ4n) is 2.76. The number of carbonyl (C=O) groups is 2. The number of aliphatic imine (C=N–C) groups is 1. The summed E-state index contributed by atoms with van der Waals surface area (Å²) < 4.78 is 11.0. The molecule has 1 atom stereocenters. The van der Waals surface area contributed by atoms with Crippen LogP contribution >= 0.6 is 0 Å². The van der Waals surface area contributed by atoms with E-state index in [1.54, 1.807) is 41.5 Å². The molecule has 0 amide bonds. The van der Waals surface area contributed by atoms with Crippen molar-refractivity contribution in [1.29, 1.82) is 0 Å². The third-order valence-electron chi connectivity index (χ3n) is 3.84. The molecule has 0 N–H and O–H groups in total. The molecule has 0 saturated carbocycles. The van der Waals surface area contributed by atoms with Crippen molar-refractivity contribution in [3.8, 4) is 0 Å². The van der Waals surface area contributed by atoms with E-state index in [1.165, 1.54) is 0 Å². The summed E-state index contributed by atoms with van der Waals surface area (Å²) >= 11 is 0. The summed E-state index contributed by atoms with van der Waals surface area (Å²) in [4.78, 5) is 30.1. The molecule has 0 saturated heterocycles. The lowest BCUT2D eigenvalue weighted by Crippen LogP contribution is -2.35. The van der Waals surface area contributed by atoms with Crippen molar-refractivity contribution >= 4 is 17.7 Å². The van der Waals surface area contributed by atoms with Gasteiger partial charge in [0.2, 0.25) is 0 Å². The van der Waals surface area contributed by atoms with Crippen LogP contribution in [0.2, 0.25) is 0 Å². The number of hydrogen-bond donors (Lipinski definition) is 0. The minimum Gasteiger partial charge on any atom is -0.460 e. The fraction of sp³-hybridized carbons (Fsp3) is 0.400. The first-order valence-electron chi connectivity index (χ1n) is 10.1. The molecule has 0 fully saturated rings. The van der Waals surface area contributed by atoms with Crippen molar-refractivity contribution in [2.24, 2.45) is 4.99 Å². The average molecular weight is 410 g/mol. The van der Waals surface area contributed by atoms with E-state index in [0.29, 0.717) is 5.71 Å². The standard InChI is InChI=1S/C25H31NO4/c1-24(2,3)29-21(27)17-20(23(28)30-25(4,5)6)26-22(18-13-9-7-10-14-18)19-15-11-8-12-16-19/h7-16,20H,17H2,1-6H3/t20-/m0/s1. The van der Waals surface area contributed by atoms with Crippen LogP contribution in [0.5, 0.6) is 0 Å².